The van der Waals surface area contributed by atoms with Crippen LogP contribution >= 0.6 is 0 Å². The van der Waals surface area contributed by atoms with Gasteiger partial charge >= 0.3 is 0 Å². The fourth-order valence-corrected chi connectivity index (χ4v) is 0.488. The highest BCUT2D eigenvalue weighted by Gasteiger charge is 1.87. The van der Waals surface area contributed by atoms with Crippen molar-refractivity contribution < 1.29 is 10.3 Å². The molecule has 0 aromatic heterocycles. The van der Waals surface area contributed by atoms with E-state index >= 15 is 0 Å². The van der Waals surface area contributed by atoms with Crippen LogP contribution in [-0.2, 0) is 0 Å². The fraction of sp³-hybridized carbons (Fsp3) is 0. The van der Waals surface area contributed by atoms with Crippen LogP contribution in [0.1, 0.15) is 0 Å². The van der Waals surface area contributed by atoms with Crippen LogP contribution in [0.5, 0.6) is 5.75 Å². The fourth-order valence-electron chi connectivity index (χ4n) is 0.488. The summed E-state index contributed by atoms with van der Waals surface area (Å²) in [6.45, 7) is 0. The van der Waals surface area contributed by atoms with E-state index in [2.05, 4.69) is 5.90 Å². The van der Waals surface area contributed by atoms with Crippen LogP contribution in [0.15, 0.2) is 24.3 Å². The molecule has 56 valence electrons. The molecule has 10 heavy (non-hydrogen) atoms. The number of nitrogen functional groups attached to an aromatic ring is 1. The first kappa shape index (κ1) is 8.74. The molecule has 0 aliphatic carbocycles. The van der Waals surface area contributed by atoms with E-state index in [4.69, 9.17) is 16.0 Å². The summed E-state index contributed by atoms with van der Waals surface area (Å²) in [6.07, 6.45) is 0. The third-order valence-corrected chi connectivity index (χ3v) is 0.937. The quantitative estimate of drug-likeness (QED) is 0.238. The van der Waals surface area contributed by atoms with E-state index < -0.39 is 0 Å². The summed E-state index contributed by atoms with van der Waals surface area (Å²) < 4.78 is 0. The van der Waals surface area contributed by atoms with E-state index in [1.807, 2.05) is 0 Å². The smallest absolute Gasteiger partial charge is 0.138 e. The number of benzene rings is 1. The Bertz CT molecular complexity index is 170. The molecule has 1 rings (SSSR count). The highest BCUT2D eigenvalue weighted by Crippen LogP contribution is 2.16. The van der Waals surface area contributed by atoms with Gasteiger partial charge in [0.2, 0.25) is 0 Å². The minimum atomic E-state index is 0.146. The molecule has 1 aromatic carbocycles. The first-order chi connectivity index (χ1) is 4.80. The zero-order valence-electron chi connectivity index (χ0n) is 5.36. The number of anilines is 1. The average Bonchev–Trinajstić information content (AvgIpc) is 2.00. The Labute approximate surface area is 58.7 Å². The predicted molar refractivity (Wildman–Crippen MR) is 38.5 cm³/mol. The normalized spacial score (nSPS) is 7.80. The second kappa shape index (κ2) is 4.60. The summed E-state index contributed by atoms with van der Waals surface area (Å²) in [6, 6.07) is 6.70. The number of para-hydroxylation sites is 2. The van der Waals surface area contributed by atoms with Crippen molar-refractivity contribution in [2.24, 2.45) is 5.90 Å². The third kappa shape index (κ3) is 2.34. The van der Waals surface area contributed by atoms with Gasteiger partial charge in [0.1, 0.15) is 5.75 Å². The largest absolute Gasteiger partial charge is 0.506 e. The molecule has 0 aliphatic rings. The molecule has 4 heteroatoms. The zero-order valence-corrected chi connectivity index (χ0v) is 5.36. The standard InChI is InChI=1S/C6H7NO.H3NO/c7-5-3-1-2-4-6(5)8;1-2/h1-4,8H,7H2;2H,1H2. The van der Waals surface area contributed by atoms with Crippen molar-refractivity contribution >= 4 is 5.69 Å². The van der Waals surface area contributed by atoms with Crippen molar-refractivity contribution in [3.8, 4) is 5.75 Å². The van der Waals surface area contributed by atoms with Gasteiger partial charge in [-0.2, -0.15) is 0 Å². The number of rotatable bonds is 0. The molecule has 0 atom stereocenters. The summed E-state index contributed by atoms with van der Waals surface area (Å²) in [4.78, 5) is 0. The Hall–Kier alpha value is -1.26. The summed E-state index contributed by atoms with van der Waals surface area (Å²) >= 11 is 0. The minimum absolute atomic E-state index is 0.146. The molecule has 0 amide bonds. The highest BCUT2D eigenvalue weighted by atomic mass is 16.4. The van der Waals surface area contributed by atoms with E-state index in [1.165, 1.54) is 0 Å². The molecular weight excluding hydrogens is 132 g/mol. The summed E-state index contributed by atoms with van der Waals surface area (Å²) in [7, 11) is 0. The van der Waals surface area contributed by atoms with Gasteiger partial charge < -0.3 is 16.0 Å². The molecule has 0 saturated carbocycles. The maximum absolute atomic E-state index is 8.79. The number of hydrogen-bond donors (Lipinski definition) is 4. The lowest BCUT2D eigenvalue weighted by Crippen LogP contribution is -1.82. The molecule has 0 bridgehead atoms. The van der Waals surface area contributed by atoms with Crippen LogP contribution in [-0.4, -0.2) is 10.3 Å². The first-order valence-corrected chi connectivity index (χ1v) is 2.60. The molecule has 0 heterocycles. The molecule has 0 spiro atoms. The van der Waals surface area contributed by atoms with Gasteiger partial charge in [-0.25, -0.2) is 5.90 Å². The maximum Gasteiger partial charge on any atom is 0.138 e. The van der Waals surface area contributed by atoms with Crippen molar-refractivity contribution in [2.45, 2.75) is 0 Å². The van der Waals surface area contributed by atoms with Crippen molar-refractivity contribution in [1.29, 1.82) is 0 Å². The second-order valence-electron chi connectivity index (χ2n) is 1.56. The molecular formula is C6H10N2O2. The van der Waals surface area contributed by atoms with Crippen LogP contribution in [0.4, 0.5) is 5.69 Å². The van der Waals surface area contributed by atoms with E-state index in [9.17, 15) is 0 Å². The average molecular weight is 142 g/mol. The Kier molecular flexibility index (Phi) is 4.02. The summed E-state index contributed by atoms with van der Waals surface area (Å²) in [5.41, 5.74) is 5.69. The molecule has 0 unspecified atom stereocenters. The van der Waals surface area contributed by atoms with Gasteiger partial charge in [0.05, 0.1) is 5.69 Å². The Morgan fingerprint density at radius 3 is 1.90 bits per heavy atom. The Morgan fingerprint density at radius 1 is 1.10 bits per heavy atom. The van der Waals surface area contributed by atoms with Gasteiger partial charge in [-0.15, -0.1) is 0 Å². The van der Waals surface area contributed by atoms with E-state index in [1.54, 1.807) is 24.3 Å². The highest BCUT2D eigenvalue weighted by molar-refractivity contribution is 5.50. The second-order valence-corrected chi connectivity index (χ2v) is 1.56. The van der Waals surface area contributed by atoms with Crippen molar-refractivity contribution in [2.75, 3.05) is 5.73 Å². The summed E-state index contributed by atoms with van der Waals surface area (Å²) in [5, 5.41) is 15.3. The topological polar surface area (TPSA) is 92.5 Å². The van der Waals surface area contributed by atoms with Gasteiger partial charge in [0.25, 0.3) is 0 Å². The SMILES string of the molecule is NO.Nc1ccccc1O. The number of hydrogen-bond acceptors (Lipinski definition) is 4. The van der Waals surface area contributed by atoms with E-state index in [0.29, 0.717) is 5.69 Å². The predicted octanol–water partition coefficient (Wildman–Crippen LogP) is 0.309. The molecule has 0 fully saturated rings. The first-order valence-electron chi connectivity index (χ1n) is 2.60. The van der Waals surface area contributed by atoms with E-state index in [-0.39, 0.29) is 5.75 Å². The van der Waals surface area contributed by atoms with Gasteiger partial charge in [-0.1, -0.05) is 12.1 Å². The molecule has 0 radical (unpaired) electrons. The minimum Gasteiger partial charge on any atom is -0.506 e. The van der Waals surface area contributed by atoms with Crippen molar-refractivity contribution in [1.82, 2.24) is 0 Å². The lowest BCUT2D eigenvalue weighted by atomic mass is 10.3. The maximum atomic E-state index is 8.79. The van der Waals surface area contributed by atoms with Crippen LogP contribution < -0.4 is 11.6 Å². The number of phenolic OH excluding ortho intramolecular Hbond substituents is 1. The van der Waals surface area contributed by atoms with Crippen LogP contribution in [0.2, 0.25) is 0 Å². The Morgan fingerprint density at radius 2 is 1.60 bits per heavy atom. The molecule has 0 aliphatic heterocycles. The van der Waals surface area contributed by atoms with E-state index in [0.717, 1.165) is 0 Å². The number of phenols is 1. The van der Waals surface area contributed by atoms with Crippen LogP contribution in [0.3, 0.4) is 0 Å². The van der Waals surface area contributed by atoms with Crippen molar-refractivity contribution in [3.05, 3.63) is 24.3 Å². The van der Waals surface area contributed by atoms with Gasteiger partial charge in [-0.05, 0) is 12.1 Å². The molecule has 4 nitrogen and oxygen atoms in total. The monoisotopic (exact) mass is 142 g/mol. The number of nitrogens with two attached hydrogens (primary N) is 2. The van der Waals surface area contributed by atoms with Crippen molar-refractivity contribution in [3.63, 3.8) is 0 Å². The lowest BCUT2D eigenvalue weighted by Gasteiger charge is -1.92. The van der Waals surface area contributed by atoms with Gasteiger partial charge in [0.15, 0.2) is 0 Å². The molecule has 6 N–H and O–H groups in total. The molecule has 1 aromatic rings. The van der Waals surface area contributed by atoms with Gasteiger partial charge in [-0.3, -0.25) is 0 Å². The summed E-state index contributed by atoms with van der Waals surface area (Å²) in [5.74, 6) is 3.65. The van der Waals surface area contributed by atoms with Crippen LogP contribution in [0.25, 0.3) is 0 Å². The van der Waals surface area contributed by atoms with Gasteiger partial charge in [0, 0.05) is 0 Å². The Balaban J connectivity index is 0.000000371. The third-order valence-electron chi connectivity index (χ3n) is 0.937. The number of aromatic hydroxyl groups is 1. The van der Waals surface area contributed by atoms with Crippen LogP contribution in [0, 0.1) is 0 Å². The zero-order chi connectivity index (χ0) is 7.98. The molecule has 0 saturated heterocycles. The lowest BCUT2D eigenvalue weighted by molar-refractivity contribution is 0.311.